The molecule has 0 radical (unpaired) electrons. The number of hydrogen-bond donors (Lipinski definition) is 1. The molecule has 1 aliphatic rings. The molecule has 0 saturated heterocycles. The highest BCUT2D eigenvalue weighted by Gasteiger charge is 2.24. The predicted molar refractivity (Wildman–Crippen MR) is 82.6 cm³/mol. The lowest BCUT2D eigenvalue weighted by Gasteiger charge is -2.28. The third kappa shape index (κ3) is 6.66. The van der Waals surface area contributed by atoms with E-state index in [9.17, 15) is 4.79 Å². The Hall–Kier alpha value is -0.220. The van der Waals surface area contributed by atoms with Gasteiger partial charge in [0.15, 0.2) is 0 Å². The first-order valence-corrected chi connectivity index (χ1v) is 8.62. The molecule has 19 heavy (non-hydrogen) atoms. The Bertz CT molecular complexity index is 271. The first kappa shape index (κ1) is 16.8. The molecule has 1 aliphatic carbocycles. The summed E-state index contributed by atoms with van der Waals surface area (Å²) in [4.78, 5) is 11.9. The maximum Gasteiger partial charge on any atom is 0.323 e. The summed E-state index contributed by atoms with van der Waals surface area (Å²) in [5, 5.41) is 4.04. The molecule has 0 amide bonds. The van der Waals surface area contributed by atoms with E-state index in [4.69, 9.17) is 4.74 Å². The lowest BCUT2D eigenvalue weighted by molar-refractivity contribution is -0.145. The zero-order valence-corrected chi connectivity index (χ0v) is 13.6. The zero-order valence-electron chi connectivity index (χ0n) is 12.8. The van der Waals surface area contributed by atoms with E-state index in [1.54, 1.807) is 0 Å². The second-order valence-electron chi connectivity index (χ2n) is 5.85. The Kier molecular flexibility index (Phi) is 7.84. The van der Waals surface area contributed by atoms with Crippen molar-refractivity contribution in [2.75, 3.05) is 12.4 Å². The fourth-order valence-electron chi connectivity index (χ4n) is 2.59. The summed E-state index contributed by atoms with van der Waals surface area (Å²) in [6.07, 6.45) is 5.29. The zero-order chi connectivity index (χ0) is 14.3. The van der Waals surface area contributed by atoms with Crippen molar-refractivity contribution in [3.8, 4) is 0 Å². The van der Waals surface area contributed by atoms with Crippen molar-refractivity contribution < 1.29 is 9.53 Å². The Morgan fingerprint density at radius 3 is 2.74 bits per heavy atom. The molecular formula is C15H29NO2S. The number of carbonyl (C=O) groups excluding carboxylic acids is 1. The van der Waals surface area contributed by atoms with Crippen molar-refractivity contribution in [2.24, 2.45) is 5.92 Å². The largest absolute Gasteiger partial charge is 0.465 e. The molecule has 1 saturated carbocycles. The van der Waals surface area contributed by atoms with Gasteiger partial charge in [0.1, 0.15) is 6.04 Å². The molecule has 3 nitrogen and oxygen atoms in total. The predicted octanol–water partition coefficient (Wildman–Crippen LogP) is 3.23. The minimum absolute atomic E-state index is 0.104. The maximum absolute atomic E-state index is 11.9. The van der Waals surface area contributed by atoms with Crippen molar-refractivity contribution in [3.05, 3.63) is 0 Å². The third-order valence-corrected chi connectivity index (χ3v) is 4.92. The van der Waals surface area contributed by atoms with Crippen LogP contribution in [-0.2, 0) is 9.53 Å². The highest BCUT2D eigenvalue weighted by molar-refractivity contribution is 7.99. The van der Waals surface area contributed by atoms with Gasteiger partial charge < -0.3 is 10.1 Å². The number of carbonyl (C=O) groups is 1. The Labute approximate surface area is 122 Å². The van der Waals surface area contributed by atoms with E-state index in [-0.39, 0.29) is 12.0 Å². The molecule has 4 heteroatoms. The number of rotatable bonds is 7. The van der Waals surface area contributed by atoms with Gasteiger partial charge in [0.2, 0.25) is 0 Å². The molecule has 0 heterocycles. The second kappa shape index (κ2) is 8.85. The summed E-state index contributed by atoms with van der Waals surface area (Å²) < 4.78 is 5.15. The number of thioether (sulfide) groups is 1. The quantitative estimate of drug-likeness (QED) is 0.730. The molecule has 1 N–H and O–H groups in total. The van der Waals surface area contributed by atoms with E-state index >= 15 is 0 Å². The number of ether oxygens (including phenoxy) is 1. The average molecular weight is 287 g/mol. The normalized spacial score (nSPS) is 25.3. The van der Waals surface area contributed by atoms with Crippen LogP contribution in [0, 0.1) is 5.92 Å². The molecule has 0 aromatic carbocycles. The smallest absolute Gasteiger partial charge is 0.323 e. The Morgan fingerprint density at radius 1 is 1.42 bits per heavy atom. The summed E-state index contributed by atoms with van der Waals surface area (Å²) in [7, 11) is 0. The van der Waals surface area contributed by atoms with E-state index in [0.29, 0.717) is 12.6 Å². The molecule has 0 aromatic heterocycles. The maximum atomic E-state index is 11.9. The number of hydrogen-bond acceptors (Lipinski definition) is 4. The standard InChI is InChI=1S/C15H29NO2S/c1-5-18-15(17)14(16-11(2)3)10-19-13-8-6-7-12(4)9-13/h11-14,16H,5-10H2,1-4H3. The van der Waals surface area contributed by atoms with Crippen molar-refractivity contribution in [1.82, 2.24) is 5.32 Å². The van der Waals surface area contributed by atoms with Crippen LogP contribution in [0.25, 0.3) is 0 Å². The van der Waals surface area contributed by atoms with Gasteiger partial charge in [-0.15, -0.1) is 0 Å². The van der Waals surface area contributed by atoms with Crippen LogP contribution in [0.4, 0.5) is 0 Å². The van der Waals surface area contributed by atoms with Crippen molar-refractivity contribution >= 4 is 17.7 Å². The van der Waals surface area contributed by atoms with E-state index in [0.717, 1.165) is 16.9 Å². The van der Waals surface area contributed by atoms with Gasteiger partial charge in [-0.1, -0.05) is 33.6 Å². The molecule has 0 bridgehead atoms. The lowest BCUT2D eigenvalue weighted by Crippen LogP contribution is -2.44. The van der Waals surface area contributed by atoms with Gasteiger partial charge in [-0.3, -0.25) is 4.79 Å². The summed E-state index contributed by atoms with van der Waals surface area (Å²) in [5.41, 5.74) is 0. The molecule has 1 fully saturated rings. The Balaban J connectivity index is 2.40. The molecule has 0 spiro atoms. The van der Waals surface area contributed by atoms with Crippen molar-refractivity contribution in [3.63, 3.8) is 0 Å². The SMILES string of the molecule is CCOC(=O)C(CSC1CCCC(C)C1)NC(C)C. The van der Waals surface area contributed by atoms with Gasteiger partial charge in [-0.2, -0.15) is 11.8 Å². The fraction of sp³-hybridized carbons (Fsp3) is 0.933. The number of nitrogens with one attached hydrogen (secondary N) is 1. The topological polar surface area (TPSA) is 38.3 Å². The monoisotopic (exact) mass is 287 g/mol. The minimum atomic E-state index is -0.165. The second-order valence-corrected chi connectivity index (χ2v) is 7.19. The molecule has 0 aliphatic heterocycles. The van der Waals surface area contributed by atoms with Gasteiger partial charge in [-0.25, -0.2) is 0 Å². The molecule has 3 unspecified atom stereocenters. The van der Waals surface area contributed by atoms with Gasteiger partial charge in [-0.05, 0) is 25.7 Å². The molecule has 1 rings (SSSR count). The van der Waals surface area contributed by atoms with Crippen LogP contribution in [-0.4, -0.2) is 35.7 Å². The first-order valence-electron chi connectivity index (χ1n) is 7.57. The van der Waals surface area contributed by atoms with Gasteiger partial charge in [0.05, 0.1) is 6.61 Å². The van der Waals surface area contributed by atoms with Gasteiger partial charge in [0, 0.05) is 17.0 Å². The van der Waals surface area contributed by atoms with Crippen LogP contribution in [0.2, 0.25) is 0 Å². The van der Waals surface area contributed by atoms with E-state index in [2.05, 4.69) is 26.1 Å². The summed E-state index contributed by atoms with van der Waals surface area (Å²) in [6, 6.07) is 0.141. The summed E-state index contributed by atoms with van der Waals surface area (Å²) >= 11 is 1.94. The van der Waals surface area contributed by atoms with Crippen LogP contribution in [0.1, 0.15) is 53.4 Å². The van der Waals surface area contributed by atoms with Crippen LogP contribution in [0.3, 0.4) is 0 Å². The van der Waals surface area contributed by atoms with E-state index in [1.807, 2.05) is 18.7 Å². The molecule has 112 valence electrons. The summed E-state index contributed by atoms with van der Waals surface area (Å²) in [6.45, 7) is 8.79. The fourth-order valence-corrected chi connectivity index (χ4v) is 4.09. The van der Waals surface area contributed by atoms with Gasteiger partial charge in [0.25, 0.3) is 0 Å². The summed E-state index contributed by atoms with van der Waals surface area (Å²) in [5.74, 6) is 1.56. The minimum Gasteiger partial charge on any atom is -0.465 e. The highest BCUT2D eigenvalue weighted by Crippen LogP contribution is 2.32. The first-order chi connectivity index (χ1) is 9.02. The molecule has 3 atom stereocenters. The molecule has 0 aromatic rings. The molecular weight excluding hydrogens is 258 g/mol. The average Bonchev–Trinajstić information content (AvgIpc) is 2.34. The van der Waals surface area contributed by atoms with E-state index < -0.39 is 0 Å². The number of esters is 1. The van der Waals surface area contributed by atoms with Gasteiger partial charge >= 0.3 is 5.97 Å². The van der Waals surface area contributed by atoms with Crippen LogP contribution < -0.4 is 5.32 Å². The van der Waals surface area contributed by atoms with Crippen LogP contribution in [0.5, 0.6) is 0 Å². The third-order valence-electron chi connectivity index (χ3n) is 3.49. The van der Waals surface area contributed by atoms with Crippen molar-refractivity contribution in [2.45, 2.75) is 70.7 Å². The Morgan fingerprint density at radius 2 is 2.16 bits per heavy atom. The van der Waals surface area contributed by atoms with Crippen LogP contribution in [0.15, 0.2) is 0 Å². The highest BCUT2D eigenvalue weighted by atomic mass is 32.2. The van der Waals surface area contributed by atoms with E-state index in [1.165, 1.54) is 25.7 Å². The van der Waals surface area contributed by atoms with Crippen LogP contribution >= 0.6 is 11.8 Å². The lowest BCUT2D eigenvalue weighted by atomic mass is 9.91. The van der Waals surface area contributed by atoms with Crippen molar-refractivity contribution in [1.29, 1.82) is 0 Å².